The zero-order chi connectivity index (χ0) is 17.3. The van der Waals surface area contributed by atoms with Crippen LogP contribution in [0, 0.1) is 16.7 Å². The van der Waals surface area contributed by atoms with Crippen molar-refractivity contribution in [1.82, 2.24) is 0 Å². The van der Waals surface area contributed by atoms with Crippen LogP contribution in [0.4, 0.5) is 0 Å². The Bertz CT molecular complexity index is 462. The number of hydrogen-bond donors (Lipinski definition) is 0. The molecule has 0 aliphatic heterocycles. The highest BCUT2D eigenvalue weighted by Gasteiger charge is 2.42. The average Bonchev–Trinajstić information content (AvgIpc) is 2.47. The van der Waals surface area contributed by atoms with E-state index in [0.29, 0.717) is 11.3 Å². The van der Waals surface area contributed by atoms with Gasteiger partial charge in [0.25, 0.3) is 0 Å². The molecule has 0 unspecified atom stereocenters. The molecule has 2 aliphatic carbocycles. The van der Waals surface area contributed by atoms with Crippen molar-refractivity contribution in [2.24, 2.45) is 16.7 Å². The van der Waals surface area contributed by atoms with Crippen LogP contribution in [-0.4, -0.2) is 13.2 Å². The van der Waals surface area contributed by atoms with Crippen molar-refractivity contribution in [2.45, 2.75) is 92.1 Å². The van der Waals surface area contributed by atoms with Crippen molar-refractivity contribution < 1.29 is 4.74 Å². The first kappa shape index (κ1) is 18.8. The van der Waals surface area contributed by atoms with Gasteiger partial charge in [0.1, 0.15) is 0 Å². The summed E-state index contributed by atoms with van der Waals surface area (Å²) in [7, 11) is 1.86. The molecule has 0 amide bonds. The molecule has 1 heteroatoms. The Balaban J connectivity index is 2.22. The molecule has 0 aromatic carbocycles. The molecule has 0 N–H and O–H groups in total. The third-order valence-corrected chi connectivity index (χ3v) is 6.98. The van der Waals surface area contributed by atoms with Gasteiger partial charge in [-0.05, 0) is 68.3 Å². The molecule has 23 heavy (non-hydrogen) atoms. The Labute approximate surface area is 144 Å². The van der Waals surface area contributed by atoms with Crippen LogP contribution in [0.5, 0.6) is 0 Å². The number of allylic oxidation sites excluding steroid dienone is 2. The average molecular weight is 319 g/mol. The normalized spacial score (nSPS) is 30.3. The van der Waals surface area contributed by atoms with Gasteiger partial charge < -0.3 is 4.74 Å². The van der Waals surface area contributed by atoms with Gasteiger partial charge in [0.2, 0.25) is 0 Å². The first-order valence-electron chi connectivity index (χ1n) is 9.59. The molecule has 0 heterocycles. The van der Waals surface area contributed by atoms with E-state index in [2.05, 4.69) is 41.2 Å². The minimum atomic E-state index is 0.218. The van der Waals surface area contributed by atoms with E-state index in [-0.39, 0.29) is 11.5 Å². The van der Waals surface area contributed by atoms with E-state index >= 15 is 0 Å². The molecular formula is C22H38O. The quantitative estimate of drug-likeness (QED) is 0.513. The Kier molecular flexibility index (Phi) is 5.82. The lowest BCUT2D eigenvalue weighted by atomic mass is 9.60. The summed E-state index contributed by atoms with van der Waals surface area (Å²) in [6, 6.07) is 0. The van der Waals surface area contributed by atoms with Gasteiger partial charge in [-0.2, -0.15) is 0 Å². The maximum atomic E-state index is 5.83. The highest BCUT2D eigenvalue weighted by atomic mass is 16.5. The van der Waals surface area contributed by atoms with Crippen molar-refractivity contribution in [3.63, 3.8) is 0 Å². The fraction of sp³-hybridized carbons (Fsp3) is 0.818. The zero-order valence-corrected chi connectivity index (χ0v) is 16.4. The summed E-state index contributed by atoms with van der Waals surface area (Å²) in [5, 5.41) is 0. The minimum Gasteiger partial charge on any atom is -0.377 e. The fourth-order valence-electron chi connectivity index (χ4n) is 5.29. The van der Waals surface area contributed by atoms with Crippen molar-refractivity contribution >= 4 is 0 Å². The smallest absolute Gasteiger partial charge is 0.0787 e. The summed E-state index contributed by atoms with van der Waals surface area (Å²) < 4.78 is 5.83. The summed E-state index contributed by atoms with van der Waals surface area (Å²) in [4.78, 5) is 0. The van der Waals surface area contributed by atoms with Gasteiger partial charge in [0.15, 0.2) is 0 Å². The number of hydrogen-bond acceptors (Lipinski definition) is 1. The number of rotatable bonds is 5. The van der Waals surface area contributed by atoms with E-state index < -0.39 is 0 Å². The van der Waals surface area contributed by atoms with Crippen LogP contribution >= 0.6 is 0 Å². The van der Waals surface area contributed by atoms with Gasteiger partial charge in [0, 0.05) is 7.11 Å². The second kappa shape index (κ2) is 7.13. The van der Waals surface area contributed by atoms with E-state index in [4.69, 9.17) is 4.74 Å². The maximum absolute atomic E-state index is 5.83. The molecule has 2 atom stereocenters. The molecule has 0 aromatic rings. The second-order valence-corrected chi connectivity index (χ2v) is 9.11. The third kappa shape index (κ3) is 3.92. The van der Waals surface area contributed by atoms with Crippen LogP contribution in [0.1, 0.15) is 86.0 Å². The van der Waals surface area contributed by atoms with E-state index in [0.717, 1.165) is 6.42 Å². The predicted molar refractivity (Wildman–Crippen MR) is 101 cm³/mol. The van der Waals surface area contributed by atoms with Gasteiger partial charge in [-0.3, -0.25) is 0 Å². The Morgan fingerprint density at radius 2 is 1.78 bits per heavy atom. The number of methoxy groups -OCH3 is 1. The molecule has 2 rings (SSSR count). The Hall–Kier alpha value is -0.560. The molecule has 0 aromatic heterocycles. The van der Waals surface area contributed by atoms with Crippen LogP contribution in [0.25, 0.3) is 0 Å². The molecule has 1 saturated carbocycles. The highest BCUT2D eigenvalue weighted by Crippen LogP contribution is 2.51. The van der Waals surface area contributed by atoms with E-state index in [1.54, 1.807) is 5.57 Å². The predicted octanol–water partition coefficient (Wildman–Crippen LogP) is 6.69. The zero-order valence-electron chi connectivity index (χ0n) is 16.4. The molecule has 2 aliphatic rings. The molecule has 132 valence electrons. The van der Waals surface area contributed by atoms with E-state index in [1.165, 1.54) is 56.1 Å². The lowest BCUT2D eigenvalue weighted by molar-refractivity contribution is 0.0745. The third-order valence-electron chi connectivity index (χ3n) is 6.98. The van der Waals surface area contributed by atoms with Crippen LogP contribution in [0.15, 0.2) is 23.3 Å². The monoisotopic (exact) mass is 318 g/mol. The van der Waals surface area contributed by atoms with Crippen molar-refractivity contribution in [3.05, 3.63) is 23.3 Å². The van der Waals surface area contributed by atoms with Gasteiger partial charge in [0.05, 0.1) is 6.10 Å². The molecular weight excluding hydrogens is 280 g/mol. The number of ether oxygens (including phenoxy) is 1. The first-order valence-corrected chi connectivity index (χ1v) is 9.59. The summed E-state index contributed by atoms with van der Waals surface area (Å²) in [6.45, 7) is 16.2. The fourth-order valence-corrected chi connectivity index (χ4v) is 5.29. The van der Waals surface area contributed by atoms with Crippen molar-refractivity contribution in [3.8, 4) is 0 Å². The van der Waals surface area contributed by atoms with Crippen LogP contribution < -0.4 is 0 Å². The van der Waals surface area contributed by atoms with Crippen molar-refractivity contribution in [2.75, 3.05) is 7.11 Å². The molecule has 0 saturated heterocycles. The standard InChI is InChI=1S/C22H38O/c1-16(2)19-15-20(23-7)17(3)18(21(19,4)5)11-14-22(6)12-9-8-10-13-22/h19-20H,1,8-15H2,2-7H3/t19-,20-/m0/s1. The van der Waals surface area contributed by atoms with Crippen LogP contribution in [0.3, 0.4) is 0 Å². The lowest BCUT2D eigenvalue weighted by Crippen LogP contribution is -2.38. The summed E-state index contributed by atoms with van der Waals surface area (Å²) in [5.41, 5.74) is 5.23. The first-order chi connectivity index (χ1) is 10.7. The van der Waals surface area contributed by atoms with Gasteiger partial charge >= 0.3 is 0 Å². The van der Waals surface area contributed by atoms with Gasteiger partial charge in [-0.25, -0.2) is 0 Å². The molecule has 0 radical (unpaired) electrons. The van der Waals surface area contributed by atoms with E-state index in [1.807, 2.05) is 7.11 Å². The van der Waals surface area contributed by atoms with Crippen LogP contribution in [0.2, 0.25) is 0 Å². The van der Waals surface area contributed by atoms with Crippen LogP contribution in [-0.2, 0) is 4.74 Å². The molecule has 1 fully saturated rings. The van der Waals surface area contributed by atoms with Gasteiger partial charge in [-0.1, -0.05) is 57.8 Å². The maximum Gasteiger partial charge on any atom is 0.0787 e. The second-order valence-electron chi connectivity index (χ2n) is 9.11. The molecule has 0 bridgehead atoms. The summed E-state index contributed by atoms with van der Waals surface area (Å²) in [5.74, 6) is 0.533. The van der Waals surface area contributed by atoms with Crippen molar-refractivity contribution in [1.29, 1.82) is 0 Å². The minimum absolute atomic E-state index is 0.218. The van der Waals surface area contributed by atoms with Gasteiger partial charge in [-0.15, -0.1) is 0 Å². The van der Waals surface area contributed by atoms with E-state index in [9.17, 15) is 0 Å². The Morgan fingerprint density at radius 3 is 2.30 bits per heavy atom. The SMILES string of the molecule is C=C(C)[C@@H]1C[C@H](OC)C(C)=C(CCC2(C)CCCCC2)C1(C)C. The Morgan fingerprint density at radius 1 is 1.17 bits per heavy atom. The highest BCUT2D eigenvalue weighted by molar-refractivity contribution is 5.31. The largest absolute Gasteiger partial charge is 0.377 e. The molecule has 0 spiro atoms. The topological polar surface area (TPSA) is 9.23 Å². The lowest BCUT2D eigenvalue weighted by Gasteiger charge is -2.46. The summed E-state index contributed by atoms with van der Waals surface area (Å²) >= 11 is 0. The summed E-state index contributed by atoms with van der Waals surface area (Å²) in [6.07, 6.45) is 11.0. The molecule has 1 nitrogen and oxygen atoms in total.